The Hall–Kier alpha value is -2.20. The Morgan fingerprint density at radius 1 is 1.12 bits per heavy atom. The summed E-state index contributed by atoms with van der Waals surface area (Å²) in [7, 11) is 2.16. The summed E-state index contributed by atoms with van der Waals surface area (Å²) in [5, 5.41) is 0. The molecule has 0 atom stereocenters. The summed E-state index contributed by atoms with van der Waals surface area (Å²) in [6.07, 6.45) is 0. The third-order valence-corrected chi connectivity index (χ3v) is 5.39. The standard InChI is InChI=1S/C20H22N3S/c1-13-10-15-18(24-12-21-15)11-14(13)19-22(5)16-8-6-7-9-17(16)23(19)20(2,3)4/h6-12H,1-5H3/q+1. The number of thiazole rings is 1. The highest BCUT2D eigenvalue weighted by Gasteiger charge is 2.32. The molecular formula is C20H22N3S+. The summed E-state index contributed by atoms with van der Waals surface area (Å²) < 4.78 is 6.01. The molecule has 0 saturated heterocycles. The minimum absolute atomic E-state index is 0.00864. The zero-order chi connectivity index (χ0) is 17.1. The first-order valence-electron chi connectivity index (χ1n) is 8.22. The van der Waals surface area contributed by atoms with Crippen LogP contribution in [0.3, 0.4) is 0 Å². The smallest absolute Gasteiger partial charge is 0.245 e. The maximum Gasteiger partial charge on any atom is 0.290 e. The van der Waals surface area contributed by atoms with Crippen molar-refractivity contribution in [3.63, 3.8) is 0 Å². The van der Waals surface area contributed by atoms with Gasteiger partial charge in [-0.2, -0.15) is 0 Å². The minimum atomic E-state index is -0.00864. The molecule has 0 unspecified atom stereocenters. The van der Waals surface area contributed by atoms with Gasteiger partial charge in [0.2, 0.25) is 0 Å². The van der Waals surface area contributed by atoms with Crippen LogP contribution in [0.25, 0.3) is 32.6 Å². The Morgan fingerprint density at radius 3 is 2.62 bits per heavy atom. The minimum Gasteiger partial charge on any atom is -0.245 e. The zero-order valence-corrected chi connectivity index (χ0v) is 15.6. The van der Waals surface area contributed by atoms with E-state index in [-0.39, 0.29) is 5.54 Å². The van der Waals surface area contributed by atoms with E-state index in [1.54, 1.807) is 11.3 Å². The number of para-hydroxylation sites is 2. The average molecular weight is 336 g/mol. The van der Waals surface area contributed by atoms with Crippen molar-refractivity contribution in [3.05, 3.63) is 47.5 Å². The number of nitrogens with zero attached hydrogens (tertiary/aromatic N) is 3. The first-order chi connectivity index (χ1) is 11.4. The normalized spacial score (nSPS) is 12.4. The molecule has 0 N–H and O–H groups in total. The van der Waals surface area contributed by atoms with Crippen LogP contribution in [0.2, 0.25) is 0 Å². The van der Waals surface area contributed by atoms with Gasteiger partial charge >= 0.3 is 0 Å². The second-order valence-electron chi connectivity index (χ2n) is 7.36. The van der Waals surface area contributed by atoms with E-state index in [9.17, 15) is 0 Å². The Labute approximate surface area is 146 Å². The third-order valence-electron chi connectivity index (χ3n) is 4.60. The molecular weight excluding hydrogens is 314 g/mol. The molecule has 0 aliphatic heterocycles. The Kier molecular flexibility index (Phi) is 3.29. The van der Waals surface area contributed by atoms with Gasteiger partial charge in [0.15, 0.2) is 11.0 Å². The van der Waals surface area contributed by atoms with Crippen LogP contribution in [0, 0.1) is 6.92 Å². The van der Waals surface area contributed by atoms with Crippen LogP contribution in [0.15, 0.2) is 41.9 Å². The fraction of sp³-hybridized carbons (Fsp3) is 0.300. The number of hydrogen-bond acceptors (Lipinski definition) is 2. The van der Waals surface area contributed by atoms with E-state index in [1.807, 2.05) is 5.51 Å². The lowest BCUT2D eigenvalue weighted by atomic mass is 10.0. The van der Waals surface area contributed by atoms with Gasteiger partial charge in [-0.15, -0.1) is 11.3 Å². The van der Waals surface area contributed by atoms with E-state index in [4.69, 9.17) is 0 Å². The van der Waals surface area contributed by atoms with Crippen molar-refractivity contribution in [2.24, 2.45) is 7.05 Å². The number of aryl methyl sites for hydroxylation is 2. The zero-order valence-electron chi connectivity index (χ0n) is 14.8. The van der Waals surface area contributed by atoms with Crippen molar-refractivity contribution < 1.29 is 4.57 Å². The molecule has 0 amide bonds. The molecule has 0 aliphatic rings. The van der Waals surface area contributed by atoms with E-state index >= 15 is 0 Å². The van der Waals surface area contributed by atoms with Gasteiger partial charge < -0.3 is 0 Å². The number of benzene rings is 2. The third kappa shape index (κ3) is 2.17. The van der Waals surface area contributed by atoms with Crippen molar-refractivity contribution in [3.8, 4) is 11.4 Å². The predicted octanol–water partition coefficient (Wildman–Crippen LogP) is 4.81. The fourth-order valence-corrected chi connectivity index (χ4v) is 4.24. The summed E-state index contributed by atoms with van der Waals surface area (Å²) in [4.78, 5) is 4.46. The van der Waals surface area contributed by atoms with E-state index in [2.05, 4.69) is 85.3 Å². The summed E-state index contributed by atoms with van der Waals surface area (Å²) >= 11 is 1.70. The molecule has 4 aromatic rings. The lowest BCUT2D eigenvalue weighted by Gasteiger charge is -2.19. The summed E-state index contributed by atoms with van der Waals surface area (Å²) in [6.45, 7) is 8.98. The van der Waals surface area contributed by atoms with Crippen LogP contribution in [0.5, 0.6) is 0 Å². The van der Waals surface area contributed by atoms with E-state index < -0.39 is 0 Å². The second kappa shape index (κ2) is 5.15. The van der Waals surface area contributed by atoms with E-state index in [0.717, 1.165) is 5.52 Å². The monoisotopic (exact) mass is 336 g/mol. The molecule has 2 aromatic carbocycles. The molecule has 0 spiro atoms. The highest BCUT2D eigenvalue weighted by molar-refractivity contribution is 7.16. The van der Waals surface area contributed by atoms with Gasteiger partial charge in [-0.3, -0.25) is 0 Å². The molecule has 0 radical (unpaired) electrons. The highest BCUT2D eigenvalue weighted by Crippen LogP contribution is 2.34. The lowest BCUT2D eigenvalue weighted by molar-refractivity contribution is -0.634. The Morgan fingerprint density at radius 2 is 1.88 bits per heavy atom. The van der Waals surface area contributed by atoms with Gasteiger partial charge in [0.05, 0.1) is 28.3 Å². The maximum absolute atomic E-state index is 4.46. The molecule has 2 heterocycles. The number of fused-ring (bicyclic) bond motifs is 2. The van der Waals surface area contributed by atoms with Gasteiger partial charge in [0.1, 0.15) is 5.54 Å². The number of imidazole rings is 1. The van der Waals surface area contributed by atoms with Gasteiger partial charge in [-0.05, 0) is 57.5 Å². The number of aromatic nitrogens is 3. The molecule has 4 rings (SSSR count). The average Bonchev–Trinajstić information content (AvgIpc) is 3.08. The highest BCUT2D eigenvalue weighted by atomic mass is 32.1. The van der Waals surface area contributed by atoms with Crippen molar-refractivity contribution >= 4 is 32.6 Å². The maximum atomic E-state index is 4.46. The molecule has 122 valence electrons. The molecule has 3 nitrogen and oxygen atoms in total. The van der Waals surface area contributed by atoms with E-state index in [1.165, 1.54) is 32.7 Å². The van der Waals surface area contributed by atoms with Crippen LogP contribution in [0.4, 0.5) is 0 Å². The van der Waals surface area contributed by atoms with Crippen LogP contribution in [-0.4, -0.2) is 9.55 Å². The van der Waals surface area contributed by atoms with Gasteiger partial charge in [-0.1, -0.05) is 12.1 Å². The predicted molar refractivity (Wildman–Crippen MR) is 101 cm³/mol. The van der Waals surface area contributed by atoms with Crippen molar-refractivity contribution in [1.29, 1.82) is 0 Å². The SMILES string of the molecule is Cc1cc2ncsc2cc1-c1n(C(C)(C)C)c2ccccc2[n+]1C. The van der Waals surface area contributed by atoms with Crippen molar-refractivity contribution in [2.75, 3.05) is 0 Å². The lowest BCUT2D eigenvalue weighted by Crippen LogP contribution is -2.33. The summed E-state index contributed by atoms with van der Waals surface area (Å²) in [5.74, 6) is 1.25. The molecule has 24 heavy (non-hydrogen) atoms. The number of hydrogen-bond donors (Lipinski definition) is 0. The van der Waals surface area contributed by atoms with Crippen LogP contribution >= 0.6 is 11.3 Å². The van der Waals surface area contributed by atoms with Crippen molar-refractivity contribution in [1.82, 2.24) is 9.55 Å². The molecule has 2 aromatic heterocycles. The van der Waals surface area contributed by atoms with Gasteiger partial charge in [0, 0.05) is 0 Å². The molecule has 4 heteroatoms. The van der Waals surface area contributed by atoms with Crippen molar-refractivity contribution in [2.45, 2.75) is 33.2 Å². The largest absolute Gasteiger partial charge is 0.290 e. The summed E-state index contributed by atoms with van der Waals surface area (Å²) in [6, 6.07) is 13.1. The topological polar surface area (TPSA) is 21.7 Å². The number of rotatable bonds is 1. The molecule has 0 saturated carbocycles. The van der Waals surface area contributed by atoms with Crippen LogP contribution in [0.1, 0.15) is 26.3 Å². The molecule has 0 fully saturated rings. The summed E-state index contributed by atoms with van der Waals surface area (Å²) in [5.41, 5.74) is 8.07. The quantitative estimate of drug-likeness (QED) is 0.457. The first-order valence-corrected chi connectivity index (χ1v) is 9.10. The van der Waals surface area contributed by atoms with E-state index in [0.29, 0.717) is 0 Å². The second-order valence-corrected chi connectivity index (χ2v) is 8.25. The first kappa shape index (κ1) is 15.3. The van der Waals surface area contributed by atoms with Gasteiger partial charge in [0.25, 0.3) is 5.82 Å². The fourth-order valence-electron chi connectivity index (χ4n) is 3.54. The molecule has 0 bridgehead atoms. The molecule has 0 aliphatic carbocycles. The Bertz CT molecular complexity index is 1060. The van der Waals surface area contributed by atoms with Crippen LogP contribution < -0.4 is 4.57 Å². The Balaban J connectivity index is 2.15. The van der Waals surface area contributed by atoms with Gasteiger partial charge in [-0.25, -0.2) is 14.1 Å². The van der Waals surface area contributed by atoms with Crippen LogP contribution in [-0.2, 0) is 12.6 Å².